The molecule has 1 aliphatic rings. The van der Waals surface area contributed by atoms with E-state index >= 15 is 0 Å². The van der Waals surface area contributed by atoms with Gasteiger partial charge in [-0.1, -0.05) is 25.0 Å². The van der Waals surface area contributed by atoms with Crippen molar-refractivity contribution < 1.29 is 4.79 Å². The first-order chi connectivity index (χ1) is 9.63. The quantitative estimate of drug-likeness (QED) is 0.836. The minimum Gasteiger partial charge on any atom is -0.325 e. The predicted molar refractivity (Wildman–Crippen MR) is 82.7 cm³/mol. The number of hydrogen-bond acceptors (Lipinski definition) is 3. The van der Waals surface area contributed by atoms with Gasteiger partial charge in [-0.3, -0.25) is 4.79 Å². The number of carbonyl (C=O) groups excluding carboxylic acids is 1. The summed E-state index contributed by atoms with van der Waals surface area (Å²) in [6.07, 6.45) is 4.97. The van der Waals surface area contributed by atoms with Crippen LogP contribution >= 0.6 is 0 Å². The van der Waals surface area contributed by atoms with Crippen LogP contribution in [0.4, 0.5) is 5.69 Å². The summed E-state index contributed by atoms with van der Waals surface area (Å²) in [5.41, 5.74) is 2.11. The van der Waals surface area contributed by atoms with Gasteiger partial charge in [0.25, 0.3) is 0 Å². The largest absolute Gasteiger partial charge is 0.325 e. The highest BCUT2D eigenvalue weighted by molar-refractivity contribution is 5.92. The maximum absolute atomic E-state index is 11.9. The summed E-state index contributed by atoms with van der Waals surface area (Å²) in [4.78, 5) is 14.0. The van der Waals surface area contributed by atoms with Crippen molar-refractivity contribution in [2.75, 3.05) is 26.0 Å². The lowest BCUT2D eigenvalue weighted by molar-refractivity contribution is -0.115. The second kappa shape index (κ2) is 7.41. The fraction of sp³-hybridized carbons (Fsp3) is 0.562. The third-order valence-corrected chi connectivity index (χ3v) is 3.64. The highest BCUT2D eigenvalue weighted by Gasteiger charge is 2.15. The van der Waals surface area contributed by atoms with Crippen LogP contribution in [0.25, 0.3) is 0 Å². The van der Waals surface area contributed by atoms with Crippen LogP contribution in [0, 0.1) is 0 Å². The Hall–Kier alpha value is -1.39. The van der Waals surface area contributed by atoms with Gasteiger partial charge in [0.15, 0.2) is 0 Å². The average molecular weight is 275 g/mol. The van der Waals surface area contributed by atoms with Gasteiger partial charge in [0.2, 0.25) is 5.91 Å². The van der Waals surface area contributed by atoms with E-state index in [1.165, 1.54) is 31.2 Å². The molecule has 4 heteroatoms. The van der Waals surface area contributed by atoms with E-state index in [-0.39, 0.29) is 5.91 Å². The first-order valence-electron chi connectivity index (χ1n) is 7.40. The molecular formula is C16H25N3O. The molecule has 1 aromatic carbocycles. The molecule has 1 aliphatic carbocycles. The number of amides is 1. The van der Waals surface area contributed by atoms with E-state index in [1.807, 2.05) is 26.2 Å². The highest BCUT2D eigenvalue weighted by Crippen LogP contribution is 2.17. The molecular weight excluding hydrogens is 250 g/mol. The molecule has 1 aromatic rings. The third kappa shape index (κ3) is 4.94. The number of carbonyl (C=O) groups is 1. The minimum absolute atomic E-state index is 0.0391. The molecule has 20 heavy (non-hydrogen) atoms. The Morgan fingerprint density at radius 1 is 1.20 bits per heavy atom. The SMILES string of the molecule is CN(C)Cc1ccc(NC(=O)CNC2CCCC2)cc1. The molecule has 1 saturated carbocycles. The summed E-state index contributed by atoms with van der Waals surface area (Å²) in [6.45, 7) is 1.32. The molecule has 0 radical (unpaired) electrons. The second-order valence-corrected chi connectivity index (χ2v) is 5.85. The molecule has 0 atom stereocenters. The Kier molecular flexibility index (Phi) is 5.56. The summed E-state index contributed by atoms with van der Waals surface area (Å²) < 4.78 is 0. The van der Waals surface area contributed by atoms with E-state index in [0.29, 0.717) is 12.6 Å². The Balaban J connectivity index is 1.75. The third-order valence-electron chi connectivity index (χ3n) is 3.64. The summed E-state index contributed by atoms with van der Waals surface area (Å²) in [6, 6.07) is 8.57. The zero-order valence-electron chi connectivity index (χ0n) is 12.5. The molecule has 0 saturated heterocycles. The first kappa shape index (κ1) is 15.0. The zero-order valence-corrected chi connectivity index (χ0v) is 12.5. The first-order valence-corrected chi connectivity index (χ1v) is 7.40. The molecule has 0 aromatic heterocycles. The lowest BCUT2D eigenvalue weighted by Crippen LogP contribution is -2.34. The van der Waals surface area contributed by atoms with Crippen LogP contribution in [0.1, 0.15) is 31.2 Å². The fourth-order valence-electron chi connectivity index (χ4n) is 2.63. The van der Waals surface area contributed by atoms with E-state index < -0.39 is 0 Å². The standard InChI is InChI=1S/C16H25N3O/c1-19(2)12-13-7-9-15(10-8-13)18-16(20)11-17-14-5-3-4-6-14/h7-10,14,17H,3-6,11-12H2,1-2H3,(H,18,20). The van der Waals surface area contributed by atoms with Crippen molar-refractivity contribution >= 4 is 11.6 Å². The topological polar surface area (TPSA) is 44.4 Å². The number of nitrogens with one attached hydrogen (secondary N) is 2. The van der Waals surface area contributed by atoms with Gasteiger partial charge in [0, 0.05) is 18.3 Å². The van der Waals surface area contributed by atoms with Crippen LogP contribution in [0.3, 0.4) is 0 Å². The van der Waals surface area contributed by atoms with Crippen molar-refractivity contribution in [3.05, 3.63) is 29.8 Å². The van der Waals surface area contributed by atoms with Crippen LogP contribution in [-0.4, -0.2) is 37.5 Å². The van der Waals surface area contributed by atoms with Crippen molar-refractivity contribution in [3.8, 4) is 0 Å². The van der Waals surface area contributed by atoms with Crippen molar-refractivity contribution in [1.82, 2.24) is 10.2 Å². The molecule has 1 amide bonds. The summed E-state index contributed by atoms with van der Waals surface area (Å²) in [5.74, 6) is 0.0391. The van der Waals surface area contributed by atoms with Crippen molar-refractivity contribution in [3.63, 3.8) is 0 Å². The summed E-state index contributed by atoms with van der Waals surface area (Å²) >= 11 is 0. The number of anilines is 1. The molecule has 110 valence electrons. The van der Waals surface area contributed by atoms with Gasteiger partial charge in [-0.15, -0.1) is 0 Å². The monoisotopic (exact) mass is 275 g/mol. The number of nitrogens with zero attached hydrogens (tertiary/aromatic N) is 1. The van der Waals surface area contributed by atoms with Crippen molar-refractivity contribution in [1.29, 1.82) is 0 Å². The van der Waals surface area contributed by atoms with Gasteiger partial charge in [0.1, 0.15) is 0 Å². The van der Waals surface area contributed by atoms with Crippen LogP contribution in [0.15, 0.2) is 24.3 Å². The molecule has 2 N–H and O–H groups in total. The maximum atomic E-state index is 11.9. The van der Waals surface area contributed by atoms with Crippen LogP contribution in [0.2, 0.25) is 0 Å². The Labute approximate surface area is 121 Å². The Bertz CT molecular complexity index is 422. The van der Waals surface area contributed by atoms with Crippen molar-refractivity contribution in [2.45, 2.75) is 38.3 Å². The zero-order chi connectivity index (χ0) is 14.4. The molecule has 0 aliphatic heterocycles. The van der Waals surface area contributed by atoms with E-state index in [1.54, 1.807) is 0 Å². The molecule has 4 nitrogen and oxygen atoms in total. The molecule has 0 spiro atoms. The minimum atomic E-state index is 0.0391. The lowest BCUT2D eigenvalue weighted by Gasteiger charge is -2.12. The van der Waals surface area contributed by atoms with Crippen molar-refractivity contribution in [2.24, 2.45) is 0 Å². The summed E-state index contributed by atoms with van der Waals surface area (Å²) in [5, 5.41) is 6.25. The fourth-order valence-corrected chi connectivity index (χ4v) is 2.63. The normalized spacial score (nSPS) is 15.8. The van der Waals surface area contributed by atoms with E-state index in [0.717, 1.165) is 12.2 Å². The second-order valence-electron chi connectivity index (χ2n) is 5.85. The molecule has 0 heterocycles. The number of rotatable bonds is 6. The number of hydrogen-bond donors (Lipinski definition) is 2. The molecule has 2 rings (SSSR count). The van der Waals surface area contributed by atoms with Gasteiger partial charge in [-0.25, -0.2) is 0 Å². The Morgan fingerprint density at radius 3 is 2.45 bits per heavy atom. The van der Waals surface area contributed by atoms with E-state index in [9.17, 15) is 4.79 Å². The highest BCUT2D eigenvalue weighted by atomic mass is 16.1. The Morgan fingerprint density at radius 2 is 1.85 bits per heavy atom. The smallest absolute Gasteiger partial charge is 0.238 e. The van der Waals surface area contributed by atoms with Crippen LogP contribution in [-0.2, 0) is 11.3 Å². The number of benzene rings is 1. The van der Waals surface area contributed by atoms with Gasteiger partial charge in [-0.2, -0.15) is 0 Å². The predicted octanol–water partition coefficient (Wildman–Crippen LogP) is 2.22. The average Bonchev–Trinajstić information content (AvgIpc) is 2.91. The van der Waals surface area contributed by atoms with Gasteiger partial charge >= 0.3 is 0 Å². The van der Waals surface area contributed by atoms with Gasteiger partial charge in [-0.05, 0) is 44.6 Å². The van der Waals surface area contributed by atoms with E-state index in [2.05, 4.69) is 27.7 Å². The maximum Gasteiger partial charge on any atom is 0.238 e. The van der Waals surface area contributed by atoms with E-state index in [4.69, 9.17) is 0 Å². The lowest BCUT2D eigenvalue weighted by atomic mass is 10.2. The van der Waals surface area contributed by atoms with Gasteiger partial charge < -0.3 is 15.5 Å². The molecule has 0 unspecified atom stereocenters. The molecule has 1 fully saturated rings. The summed E-state index contributed by atoms with van der Waals surface area (Å²) in [7, 11) is 4.09. The van der Waals surface area contributed by atoms with Crippen LogP contribution < -0.4 is 10.6 Å². The molecule has 0 bridgehead atoms. The van der Waals surface area contributed by atoms with Crippen LogP contribution in [0.5, 0.6) is 0 Å². The van der Waals surface area contributed by atoms with Gasteiger partial charge in [0.05, 0.1) is 6.54 Å².